The minimum Gasteiger partial charge on any atom is -0.388 e. The Labute approximate surface area is 106 Å². The maximum absolute atomic E-state index is 10.4. The van der Waals surface area contributed by atoms with Crippen LogP contribution in [0.2, 0.25) is 10.0 Å². The zero-order valence-electron chi connectivity index (χ0n) is 8.97. The monoisotopic (exact) mass is 259 g/mol. The number of β-amino-alcohol motifs (C(OH)–C–C–N with tert-alkyl or cyclic N) is 1. The van der Waals surface area contributed by atoms with E-state index in [1.54, 1.807) is 12.1 Å². The predicted octanol–water partition coefficient (Wildman–Crippen LogP) is 2.65. The highest BCUT2D eigenvalue weighted by Crippen LogP contribution is 2.27. The molecular weight excluding hydrogens is 245 g/mol. The van der Waals surface area contributed by atoms with Gasteiger partial charge in [0, 0.05) is 23.0 Å². The van der Waals surface area contributed by atoms with E-state index in [0.29, 0.717) is 23.0 Å². The van der Waals surface area contributed by atoms with Gasteiger partial charge in [-0.3, -0.25) is 0 Å². The number of benzene rings is 1. The van der Waals surface area contributed by atoms with Crippen LogP contribution in [0.15, 0.2) is 18.2 Å². The number of halogens is 2. The quantitative estimate of drug-likeness (QED) is 0.856. The Hall–Kier alpha value is -0.280. The average Bonchev–Trinajstić information content (AvgIpc) is 2.24. The molecule has 2 rings (SSSR count). The van der Waals surface area contributed by atoms with E-state index in [1.165, 1.54) is 0 Å². The number of hydrogen-bond acceptors (Lipinski definition) is 2. The van der Waals surface area contributed by atoms with E-state index in [4.69, 9.17) is 23.2 Å². The van der Waals surface area contributed by atoms with E-state index in [1.807, 2.05) is 6.07 Å². The standard InChI is InChI=1S/C12H15Cl2NO/c13-10-2-3-11(14)9(6-10)7-12(16)4-1-5-15-8-12/h2-3,6,15-16H,1,4-5,7-8H2. The Balaban J connectivity index is 2.15. The molecule has 0 radical (unpaired) electrons. The van der Waals surface area contributed by atoms with Crippen molar-refractivity contribution >= 4 is 23.2 Å². The highest BCUT2D eigenvalue weighted by molar-refractivity contribution is 6.33. The summed E-state index contributed by atoms with van der Waals surface area (Å²) in [6, 6.07) is 5.37. The molecule has 1 aromatic carbocycles. The molecular formula is C12H15Cl2NO. The minimum atomic E-state index is -0.688. The van der Waals surface area contributed by atoms with E-state index in [9.17, 15) is 5.11 Å². The molecule has 0 amide bonds. The molecule has 4 heteroatoms. The van der Waals surface area contributed by atoms with Crippen molar-refractivity contribution in [3.05, 3.63) is 33.8 Å². The molecule has 1 unspecified atom stereocenters. The maximum Gasteiger partial charge on any atom is 0.0812 e. The summed E-state index contributed by atoms with van der Waals surface area (Å²) in [6.07, 6.45) is 2.36. The van der Waals surface area contributed by atoms with Gasteiger partial charge in [0.25, 0.3) is 0 Å². The number of aliphatic hydroxyl groups is 1. The fraction of sp³-hybridized carbons (Fsp3) is 0.500. The van der Waals surface area contributed by atoms with Crippen LogP contribution in [0.3, 0.4) is 0 Å². The molecule has 1 aliphatic heterocycles. The molecule has 88 valence electrons. The van der Waals surface area contributed by atoms with Crippen molar-refractivity contribution in [1.82, 2.24) is 5.32 Å². The molecule has 1 atom stereocenters. The zero-order valence-corrected chi connectivity index (χ0v) is 10.5. The number of nitrogens with one attached hydrogen (secondary N) is 1. The summed E-state index contributed by atoms with van der Waals surface area (Å²) in [5.41, 5.74) is 0.229. The van der Waals surface area contributed by atoms with E-state index < -0.39 is 5.60 Å². The molecule has 1 saturated heterocycles. The largest absolute Gasteiger partial charge is 0.388 e. The molecule has 2 nitrogen and oxygen atoms in total. The molecule has 2 N–H and O–H groups in total. The van der Waals surface area contributed by atoms with Crippen molar-refractivity contribution in [2.75, 3.05) is 13.1 Å². The summed E-state index contributed by atoms with van der Waals surface area (Å²) < 4.78 is 0. The third-order valence-electron chi connectivity index (χ3n) is 2.98. The van der Waals surface area contributed by atoms with Crippen molar-refractivity contribution in [1.29, 1.82) is 0 Å². The molecule has 1 heterocycles. The Morgan fingerprint density at radius 2 is 2.19 bits per heavy atom. The van der Waals surface area contributed by atoms with Crippen molar-refractivity contribution in [2.24, 2.45) is 0 Å². The van der Waals surface area contributed by atoms with Gasteiger partial charge in [0.1, 0.15) is 0 Å². The minimum absolute atomic E-state index is 0.555. The van der Waals surface area contributed by atoms with Crippen LogP contribution in [0, 0.1) is 0 Å². The summed E-state index contributed by atoms with van der Waals surface area (Å²) in [5, 5.41) is 14.9. The van der Waals surface area contributed by atoms with Gasteiger partial charge < -0.3 is 10.4 Å². The highest BCUT2D eigenvalue weighted by Gasteiger charge is 2.29. The lowest BCUT2D eigenvalue weighted by Gasteiger charge is -2.33. The van der Waals surface area contributed by atoms with Crippen LogP contribution in [0.5, 0.6) is 0 Å². The van der Waals surface area contributed by atoms with Gasteiger partial charge in [-0.05, 0) is 43.1 Å². The molecule has 1 aliphatic rings. The SMILES string of the molecule is OC1(Cc2cc(Cl)ccc2Cl)CCCNC1. The third kappa shape index (κ3) is 2.89. The fourth-order valence-corrected chi connectivity index (χ4v) is 2.52. The number of piperidine rings is 1. The van der Waals surface area contributed by atoms with E-state index in [-0.39, 0.29) is 0 Å². The number of hydrogen-bond donors (Lipinski definition) is 2. The lowest BCUT2D eigenvalue weighted by Crippen LogP contribution is -2.47. The van der Waals surface area contributed by atoms with E-state index >= 15 is 0 Å². The summed E-state index contributed by atoms with van der Waals surface area (Å²) in [7, 11) is 0. The van der Waals surface area contributed by atoms with Gasteiger partial charge >= 0.3 is 0 Å². The molecule has 1 fully saturated rings. The van der Waals surface area contributed by atoms with Gasteiger partial charge in [-0.25, -0.2) is 0 Å². The summed E-state index contributed by atoms with van der Waals surface area (Å²) in [6.45, 7) is 1.60. The molecule has 16 heavy (non-hydrogen) atoms. The smallest absolute Gasteiger partial charge is 0.0812 e. The Morgan fingerprint density at radius 3 is 2.88 bits per heavy atom. The van der Waals surface area contributed by atoms with Gasteiger partial charge in [0.2, 0.25) is 0 Å². The molecule has 0 spiro atoms. The average molecular weight is 260 g/mol. The molecule has 0 saturated carbocycles. The lowest BCUT2D eigenvalue weighted by molar-refractivity contribution is 0.0170. The van der Waals surface area contributed by atoms with Gasteiger partial charge in [0.15, 0.2) is 0 Å². The third-order valence-corrected chi connectivity index (χ3v) is 3.58. The van der Waals surface area contributed by atoms with Crippen LogP contribution in [-0.2, 0) is 6.42 Å². The van der Waals surface area contributed by atoms with Gasteiger partial charge in [-0.1, -0.05) is 23.2 Å². The molecule has 0 bridgehead atoms. The Kier molecular flexibility index (Phi) is 3.75. The predicted molar refractivity (Wildman–Crippen MR) is 67.2 cm³/mol. The van der Waals surface area contributed by atoms with Crippen molar-refractivity contribution in [3.8, 4) is 0 Å². The van der Waals surface area contributed by atoms with Crippen molar-refractivity contribution < 1.29 is 5.11 Å². The van der Waals surface area contributed by atoms with Crippen LogP contribution in [0.1, 0.15) is 18.4 Å². The second kappa shape index (κ2) is 4.92. The van der Waals surface area contributed by atoms with Crippen LogP contribution >= 0.6 is 23.2 Å². The summed E-state index contributed by atoms with van der Waals surface area (Å²) in [4.78, 5) is 0. The molecule has 0 aromatic heterocycles. The van der Waals surface area contributed by atoms with E-state index in [0.717, 1.165) is 24.9 Å². The molecule has 1 aromatic rings. The number of rotatable bonds is 2. The highest BCUT2D eigenvalue weighted by atomic mass is 35.5. The normalized spacial score (nSPS) is 25.7. The van der Waals surface area contributed by atoms with Crippen LogP contribution < -0.4 is 5.32 Å². The second-order valence-electron chi connectivity index (χ2n) is 4.42. The zero-order chi connectivity index (χ0) is 11.6. The fourth-order valence-electron chi connectivity index (χ4n) is 2.14. The van der Waals surface area contributed by atoms with Crippen LogP contribution in [0.4, 0.5) is 0 Å². The van der Waals surface area contributed by atoms with Gasteiger partial charge in [0.05, 0.1) is 5.60 Å². The second-order valence-corrected chi connectivity index (χ2v) is 5.26. The Morgan fingerprint density at radius 1 is 1.38 bits per heavy atom. The first-order valence-electron chi connectivity index (χ1n) is 5.46. The summed E-state index contributed by atoms with van der Waals surface area (Å²) >= 11 is 12.0. The van der Waals surface area contributed by atoms with Crippen LogP contribution in [0.25, 0.3) is 0 Å². The first-order chi connectivity index (χ1) is 7.59. The summed E-state index contributed by atoms with van der Waals surface area (Å²) in [5.74, 6) is 0. The van der Waals surface area contributed by atoms with Crippen molar-refractivity contribution in [2.45, 2.75) is 24.9 Å². The first kappa shape index (κ1) is 12.2. The van der Waals surface area contributed by atoms with E-state index in [2.05, 4.69) is 5.32 Å². The van der Waals surface area contributed by atoms with Crippen molar-refractivity contribution in [3.63, 3.8) is 0 Å². The van der Waals surface area contributed by atoms with Crippen LogP contribution in [-0.4, -0.2) is 23.8 Å². The van der Waals surface area contributed by atoms with Gasteiger partial charge in [-0.2, -0.15) is 0 Å². The lowest BCUT2D eigenvalue weighted by atomic mass is 9.87. The maximum atomic E-state index is 10.4. The molecule has 0 aliphatic carbocycles. The Bertz CT molecular complexity index is 375. The topological polar surface area (TPSA) is 32.3 Å². The first-order valence-corrected chi connectivity index (χ1v) is 6.22. The van der Waals surface area contributed by atoms with Gasteiger partial charge in [-0.15, -0.1) is 0 Å².